The number of methoxy groups -OCH3 is 1. The molecule has 1 unspecified atom stereocenters. The van der Waals surface area contributed by atoms with Crippen LogP contribution in [0.5, 0.6) is 11.5 Å². The highest BCUT2D eigenvalue weighted by Gasteiger charge is 2.42. The Kier molecular flexibility index (Phi) is 8.54. The van der Waals surface area contributed by atoms with Gasteiger partial charge in [-0.15, -0.1) is 0 Å². The van der Waals surface area contributed by atoms with Crippen LogP contribution in [0.2, 0.25) is 0 Å². The van der Waals surface area contributed by atoms with Crippen molar-refractivity contribution in [1.29, 1.82) is 0 Å². The van der Waals surface area contributed by atoms with E-state index >= 15 is 0 Å². The van der Waals surface area contributed by atoms with E-state index in [0.717, 1.165) is 36.9 Å². The lowest BCUT2D eigenvalue weighted by Gasteiger charge is -2.26. The van der Waals surface area contributed by atoms with Gasteiger partial charge in [0.15, 0.2) is 16.9 Å². The van der Waals surface area contributed by atoms with Gasteiger partial charge in [-0.2, -0.15) is 0 Å². The van der Waals surface area contributed by atoms with E-state index in [0.29, 0.717) is 41.2 Å². The summed E-state index contributed by atoms with van der Waals surface area (Å²) in [7, 11) is 5.62. The first-order valence-corrected chi connectivity index (χ1v) is 13.2. The van der Waals surface area contributed by atoms with Crippen molar-refractivity contribution < 1.29 is 18.7 Å². The smallest absolute Gasteiger partial charge is 0.290 e. The monoisotopic (exact) mass is 506 g/mol. The Bertz CT molecular complexity index is 1310. The summed E-state index contributed by atoms with van der Waals surface area (Å²) in [5.41, 5.74) is 2.42. The number of amides is 1. The predicted molar refractivity (Wildman–Crippen MR) is 146 cm³/mol. The van der Waals surface area contributed by atoms with Gasteiger partial charge in [-0.05, 0) is 70.2 Å². The summed E-state index contributed by atoms with van der Waals surface area (Å²) in [4.78, 5) is 31.2. The minimum Gasteiger partial charge on any atom is -0.493 e. The van der Waals surface area contributed by atoms with E-state index in [2.05, 4.69) is 11.8 Å². The van der Waals surface area contributed by atoms with E-state index in [1.165, 1.54) is 12.8 Å². The van der Waals surface area contributed by atoms with Crippen LogP contribution >= 0.6 is 0 Å². The third-order valence-corrected chi connectivity index (χ3v) is 6.88. The average Bonchev–Trinajstić information content (AvgIpc) is 3.16. The topological polar surface area (TPSA) is 72.2 Å². The fourth-order valence-corrected chi connectivity index (χ4v) is 4.95. The molecule has 0 saturated carbocycles. The van der Waals surface area contributed by atoms with Crippen molar-refractivity contribution in [2.45, 2.75) is 52.0 Å². The van der Waals surface area contributed by atoms with Crippen LogP contribution in [-0.2, 0) is 0 Å². The summed E-state index contributed by atoms with van der Waals surface area (Å²) in [6.45, 7) is 6.06. The van der Waals surface area contributed by atoms with E-state index in [9.17, 15) is 9.59 Å². The minimum absolute atomic E-state index is 0.131. The second kappa shape index (κ2) is 11.8. The lowest BCUT2D eigenvalue weighted by atomic mass is 9.97. The van der Waals surface area contributed by atoms with Crippen LogP contribution in [0, 0.1) is 6.92 Å². The Balaban J connectivity index is 1.74. The van der Waals surface area contributed by atoms with Gasteiger partial charge in [-0.25, -0.2) is 0 Å². The summed E-state index contributed by atoms with van der Waals surface area (Å²) in [6, 6.07) is 10.6. The van der Waals surface area contributed by atoms with Gasteiger partial charge in [-0.1, -0.05) is 43.9 Å². The van der Waals surface area contributed by atoms with Crippen molar-refractivity contribution in [2.24, 2.45) is 0 Å². The molecule has 0 fully saturated rings. The van der Waals surface area contributed by atoms with Crippen molar-refractivity contribution in [2.75, 3.05) is 40.9 Å². The number of unbranched alkanes of at least 4 members (excludes halogenated alkanes) is 3. The van der Waals surface area contributed by atoms with Gasteiger partial charge in [0.1, 0.15) is 5.58 Å². The molecule has 0 radical (unpaired) electrons. The Morgan fingerprint density at radius 3 is 2.54 bits per heavy atom. The van der Waals surface area contributed by atoms with Gasteiger partial charge in [0.2, 0.25) is 5.76 Å². The molecule has 0 bridgehead atoms. The van der Waals surface area contributed by atoms with E-state index in [4.69, 9.17) is 13.9 Å². The molecule has 0 aliphatic carbocycles. The third-order valence-electron chi connectivity index (χ3n) is 6.88. The van der Waals surface area contributed by atoms with Gasteiger partial charge in [0.25, 0.3) is 5.91 Å². The molecule has 1 atom stereocenters. The first kappa shape index (κ1) is 26.7. The van der Waals surface area contributed by atoms with Crippen LogP contribution in [0.3, 0.4) is 0 Å². The van der Waals surface area contributed by atoms with Crippen molar-refractivity contribution in [3.8, 4) is 11.5 Å². The molecular formula is C30H38N2O5. The molecular weight excluding hydrogens is 468 g/mol. The fourth-order valence-electron chi connectivity index (χ4n) is 4.95. The van der Waals surface area contributed by atoms with Crippen molar-refractivity contribution in [3.63, 3.8) is 0 Å². The highest BCUT2D eigenvalue weighted by atomic mass is 16.5. The molecule has 2 aromatic carbocycles. The van der Waals surface area contributed by atoms with Gasteiger partial charge < -0.3 is 23.7 Å². The average molecular weight is 507 g/mol. The molecule has 4 rings (SSSR count). The molecule has 198 valence electrons. The number of ether oxygens (including phenoxy) is 2. The van der Waals surface area contributed by atoms with Crippen LogP contribution < -0.4 is 14.9 Å². The molecule has 1 amide bonds. The maximum Gasteiger partial charge on any atom is 0.290 e. The molecule has 2 heterocycles. The zero-order valence-corrected chi connectivity index (χ0v) is 22.6. The molecule has 0 spiro atoms. The lowest BCUT2D eigenvalue weighted by Crippen LogP contribution is -2.32. The summed E-state index contributed by atoms with van der Waals surface area (Å²) in [5, 5.41) is 0.491. The lowest BCUT2D eigenvalue weighted by molar-refractivity contribution is 0.0722. The Morgan fingerprint density at radius 1 is 1.00 bits per heavy atom. The van der Waals surface area contributed by atoms with Crippen molar-refractivity contribution >= 4 is 16.9 Å². The number of aryl methyl sites for hydroxylation is 1. The van der Waals surface area contributed by atoms with Crippen molar-refractivity contribution in [3.05, 3.63) is 69.1 Å². The predicted octanol–water partition coefficient (Wildman–Crippen LogP) is 5.57. The maximum absolute atomic E-state index is 13.8. The Labute approximate surface area is 219 Å². The van der Waals surface area contributed by atoms with E-state index in [-0.39, 0.29) is 17.1 Å². The molecule has 3 aromatic rings. The fraction of sp³-hybridized carbons (Fsp3) is 0.467. The van der Waals surface area contributed by atoms with Gasteiger partial charge >= 0.3 is 0 Å². The van der Waals surface area contributed by atoms with Gasteiger partial charge in [0.05, 0.1) is 30.7 Å². The minimum atomic E-state index is -0.557. The molecule has 7 nitrogen and oxygen atoms in total. The van der Waals surface area contributed by atoms with Crippen LogP contribution in [-0.4, -0.2) is 56.6 Å². The normalized spacial score (nSPS) is 15.0. The number of nitrogens with zero attached hydrogens (tertiary/aromatic N) is 2. The second-order valence-electron chi connectivity index (χ2n) is 10.1. The zero-order valence-electron chi connectivity index (χ0n) is 22.6. The number of rotatable bonds is 12. The highest BCUT2D eigenvalue weighted by Crippen LogP contribution is 2.41. The molecule has 0 saturated heterocycles. The van der Waals surface area contributed by atoms with Gasteiger partial charge in [-0.3, -0.25) is 9.59 Å². The first-order valence-electron chi connectivity index (χ1n) is 13.2. The van der Waals surface area contributed by atoms with Crippen LogP contribution in [0.4, 0.5) is 0 Å². The molecule has 1 aromatic heterocycles. The molecule has 37 heavy (non-hydrogen) atoms. The molecule has 1 aliphatic rings. The summed E-state index contributed by atoms with van der Waals surface area (Å²) < 4.78 is 17.7. The number of hydrogen-bond donors (Lipinski definition) is 0. The number of carbonyl (C=O) groups excluding carboxylic acids is 1. The van der Waals surface area contributed by atoms with E-state index < -0.39 is 6.04 Å². The van der Waals surface area contributed by atoms with Crippen LogP contribution in [0.1, 0.15) is 72.3 Å². The highest BCUT2D eigenvalue weighted by molar-refractivity contribution is 5.99. The number of hydrogen-bond acceptors (Lipinski definition) is 6. The third kappa shape index (κ3) is 5.67. The SMILES string of the molecule is CCCCCCOc1ccc(C2c3c(oc4ccc(C)cc4c3=O)C(=O)N2CCCN(C)C)cc1OC. The summed E-state index contributed by atoms with van der Waals surface area (Å²) in [6.07, 6.45) is 5.24. The second-order valence-corrected chi connectivity index (χ2v) is 10.1. The molecule has 7 heteroatoms. The largest absolute Gasteiger partial charge is 0.493 e. The summed E-state index contributed by atoms with van der Waals surface area (Å²) >= 11 is 0. The zero-order chi connectivity index (χ0) is 26.5. The Hall–Kier alpha value is -3.32. The number of carbonyl (C=O) groups is 1. The number of benzene rings is 2. The van der Waals surface area contributed by atoms with Gasteiger partial charge in [0, 0.05) is 6.54 Å². The van der Waals surface area contributed by atoms with E-state index in [1.54, 1.807) is 18.1 Å². The van der Waals surface area contributed by atoms with E-state index in [1.807, 2.05) is 51.4 Å². The molecule has 1 aliphatic heterocycles. The first-order chi connectivity index (χ1) is 17.8. The number of fused-ring (bicyclic) bond motifs is 2. The van der Waals surface area contributed by atoms with Crippen molar-refractivity contribution in [1.82, 2.24) is 9.80 Å². The standard InChI is InChI=1S/C30H38N2O5/c1-6-7-8-9-17-36-24-14-12-21(19-25(24)35-5)27-26-28(33)22-18-20(2)11-13-23(22)37-29(26)30(34)32(27)16-10-15-31(3)4/h11-14,18-19,27H,6-10,15-17H2,1-5H3. The Morgan fingerprint density at radius 2 is 1.81 bits per heavy atom. The maximum atomic E-state index is 13.8. The quantitative estimate of drug-likeness (QED) is 0.299. The van der Waals surface area contributed by atoms with Crippen LogP contribution in [0.25, 0.3) is 11.0 Å². The van der Waals surface area contributed by atoms with Crippen LogP contribution in [0.15, 0.2) is 45.6 Å². The summed E-state index contributed by atoms with van der Waals surface area (Å²) in [5.74, 6) is 1.12. The molecule has 0 N–H and O–H groups in total.